The van der Waals surface area contributed by atoms with Gasteiger partial charge in [-0.15, -0.1) is 0 Å². The minimum absolute atomic E-state index is 0.263. The fraction of sp³-hybridized carbons (Fsp3) is 0. The Morgan fingerprint density at radius 3 is 2.42 bits per heavy atom. The molecule has 0 bridgehead atoms. The van der Waals surface area contributed by atoms with Crippen molar-refractivity contribution in [3.8, 4) is 11.5 Å². The molecule has 0 aliphatic rings. The molecule has 0 heterocycles. The number of rotatable bonds is 3. The van der Waals surface area contributed by atoms with Crippen molar-refractivity contribution in [1.29, 1.82) is 0 Å². The zero-order valence-corrected chi connectivity index (χ0v) is 13.1. The molecule has 0 fully saturated rings. The van der Waals surface area contributed by atoms with E-state index in [0.717, 1.165) is 0 Å². The molecular formula is C13H6BrCl3O2. The van der Waals surface area contributed by atoms with Crippen LogP contribution in [0.4, 0.5) is 0 Å². The first-order valence-electron chi connectivity index (χ1n) is 5.09. The molecule has 0 saturated heterocycles. The third-order valence-electron chi connectivity index (χ3n) is 2.33. The number of halogens is 4. The minimum Gasteiger partial charge on any atom is -0.455 e. The molecular weight excluding hydrogens is 374 g/mol. The summed E-state index contributed by atoms with van der Waals surface area (Å²) in [6.45, 7) is 0. The van der Waals surface area contributed by atoms with Gasteiger partial charge in [0.15, 0.2) is 6.29 Å². The summed E-state index contributed by atoms with van der Waals surface area (Å²) in [5.41, 5.74) is 0.263. The summed E-state index contributed by atoms with van der Waals surface area (Å²) < 4.78 is 6.26. The lowest BCUT2D eigenvalue weighted by molar-refractivity contribution is 0.112. The van der Waals surface area contributed by atoms with Crippen LogP contribution in [0.1, 0.15) is 10.4 Å². The van der Waals surface area contributed by atoms with Crippen LogP contribution in [0.25, 0.3) is 0 Å². The van der Waals surface area contributed by atoms with Crippen molar-refractivity contribution in [3.63, 3.8) is 0 Å². The number of hydrogen-bond donors (Lipinski definition) is 0. The zero-order valence-electron chi connectivity index (χ0n) is 9.29. The highest BCUT2D eigenvalue weighted by Crippen LogP contribution is 2.38. The Bertz CT molecular complexity index is 644. The topological polar surface area (TPSA) is 26.3 Å². The largest absolute Gasteiger partial charge is 0.455 e. The number of carbonyl (C=O) groups excluding carboxylic acids is 1. The van der Waals surface area contributed by atoms with Crippen LogP contribution in [0.5, 0.6) is 11.5 Å². The summed E-state index contributed by atoms with van der Waals surface area (Å²) in [6, 6.07) is 8.09. The molecule has 0 unspecified atom stereocenters. The van der Waals surface area contributed by atoms with Crippen molar-refractivity contribution >= 4 is 57.0 Å². The van der Waals surface area contributed by atoms with Gasteiger partial charge >= 0.3 is 0 Å². The van der Waals surface area contributed by atoms with Gasteiger partial charge in [0.2, 0.25) is 0 Å². The van der Waals surface area contributed by atoms with E-state index < -0.39 is 0 Å². The quantitative estimate of drug-likeness (QED) is 0.481. The van der Waals surface area contributed by atoms with Gasteiger partial charge in [0, 0.05) is 10.5 Å². The summed E-state index contributed by atoms with van der Waals surface area (Å²) in [6.07, 6.45) is 0.631. The maximum atomic E-state index is 11.0. The van der Waals surface area contributed by atoms with Crippen molar-refractivity contribution in [3.05, 3.63) is 55.4 Å². The van der Waals surface area contributed by atoms with Gasteiger partial charge in [-0.25, -0.2) is 0 Å². The Morgan fingerprint density at radius 2 is 1.74 bits per heavy atom. The first-order valence-corrected chi connectivity index (χ1v) is 7.01. The molecule has 0 atom stereocenters. The summed E-state index contributed by atoms with van der Waals surface area (Å²) in [5, 5.41) is 1.13. The van der Waals surface area contributed by atoms with Gasteiger partial charge in [-0.1, -0.05) is 40.9 Å². The Kier molecular flexibility index (Phi) is 4.74. The molecule has 6 heteroatoms. The van der Waals surface area contributed by atoms with E-state index in [2.05, 4.69) is 15.9 Å². The molecule has 2 rings (SSSR count). The first kappa shape index (κ1) is 14.7. The lowest BCUT2D eigenvalue weighted by Gasteiger charge is -2.11. The summed E-state index contributed by atoms with van der Waals surface area (Å²) in [5.74, 6) is 0.669. The second kappa shape index (κ2) is 6.14. The number of hydrogen-bond acceptors (Lipinski definition) is 2. The monoisotopic (exact) mass is 378 g/mol. The van der Waals surface area contributed by atoms with Crippen LogP contribution >= 0.6 is 50.7 Å². The third kappa shape index (κ3) is 3.23. The second-order valence-corrected chi connectivity index (χ2v) is 5.64. The molecule has 0 aliphatic carbocycles. The van der Waals surface area contributed by atoms with E-state index >= 15 is 0 Å². The average Bonchev–Trinajstić information content (AvgIpc) is 2.36. The van der Waals surface area contributed by atoms with E-state index in [1.54, 1.807) is 30.3 Å². The highest BCUT2D eigenvalue weighted by Gasteiger charge is 2.12. The van der Waals surface area contributed by atoms with Crippen LogP contribution in [0.15, 0.2) is 34.8 Å². The molecule has 2 nitrogen and oxygen atoms in total. The van der Waals surface area contributed by atoms with Crippen LogP contribution in [0, 0.1) is 0 Å². The standard InChI is InChI=1S/C13H6BrCl3O2/c14-8-4-11(17)13(5-10(8)16)19-12-3-1-2-9(15)7(12)6-18/h1-6H. The Morgan fingerprint density at radius 1 is 1.00 bits per heavy atom. The van der Waals surface area contributed by atoms with Gasteiger partial charge in [0.25, 0.3) is 0 Å². The van der Waals surface area contributed by atoms with E-state index in [1.807, 2.05) is 0 Å². The molecule has 0 saturated carbocycles. The Hall–Kier alpha value is -0.740. The molecule has 98 valence electrons. The molecule has 2 aromatic carbocycles. The van der Waals surface area contributed by atoms with Gasteiger partial charge in [0.1, 0.15) is 11.5 Å². The van der Waals surface area contributed by atoms with E-state index in [4.69, 9.17) is 39.5 Å². The van der Waals surface area contributed by atoms with Gasteiger partial charge in [-0.3, -0.25) is 4.79 Å². The van der Waals surface area contributed by atoms with Crippen molar-refractivity contribution in [2.75, 3.05) is 0 Å². The molecule has 0 aliphatic heterocycles. The molecule has 0 amide bonds. The Balaban J connectivity index is 2.45. The second-order valence-electron chi connectivity index (χ2n) is 3.57. The lowest BCUT2D eigenvalue weighted by atomic mass is 10.2. The highest BCUT2D eigenvalue weighted by atomic mass is 79.9. The highest BCUT2D eigenvalue weighted by molar-refractivity contribution is 9.10. The van der Waals surface area contributed by atoms with Crippen LogP contribution in [0.3, 0.4) is 0 Å². The average molecular weight is 380 g/mol. The molecule has 0 spiro atoms. The van der Waals surface area contributed by atoms with Gasteiger partial charge < -0.3 is 4.74 Å². The fourth-order valence-electron chi connectivity index (χ4n) is 1.42. The molecule has 0 aromatic heterocycles. The maximum Gasteiger partial charge on any atom is 0.155 e. The Labute approximate surface area is 133 Å². The van der Waals surface area contributed by atoms with E-state index in [9.17, 15) is 4.79 Å². The van der Waals surface area contributed by atoms with Crippen LogP contribution in [-0.2, 0) is 0 Å². The normalized spacial score (nSPS) is 10.3. The van der Waals surface area contributed by atoms with Crippen molar-refractivity contribution in [2.24, 2.45) is 0 Å². The van der Waals surface area contributed by atoms with Crippen molar-refractivity contribution in [1.82, 2.24) is 0 Å². The summed E-state index contributed by atoms with van der Waals surface area (Å²) in [4.78, 5) is 11.0. The van der Waals surface area contributed by atoms with E-state index in [0.29, 0.717) is 37.3 Å². The fourth-order valence-corrected chi connectivity index (χ4v) is 2.46. The first-order chi connectivity index (χ1) is 9.02. The van der Waals surface area contributed by atoms with Crippen molar-refractivity contribution in [2.45, 2.75) is 0 Å². The third-order valence-corrected chi connectivity index (χ3v) is 4.15. The molecule has 2 aromatic rings. The number of benzene rings is 2. The SMILES string of the molecule is O=Cc1c(Cl)cccc1Oc1cc(Cl)c(Br)cc1Cl. The van der Waals surface area contributed by atoms with Crippen LogP contribution in [0.2, 0.25) is 15.1 Å². The van der Waals surface area contributed by atoms with Crippen LogP contribution < -0.4 is 4.74 Å². The summed E-state index contributed by atoms with van der Waals surface area (Å²) >= 11 is 21.2. The number of ether oxygens (including phenoxy) is 1. The zero-order chi connectivity index (χ0) is 14.0. The smallest absolute Gasteiger partial charge is 0.155 e. The van der Waals surface area contributed by atoms with Gasteiger partial charge in [0.05, 0.1) is 20.6 Å². The summed E-state index contributed by atoms with van der Waals surface area (Å²) in [7, 11) is 0. The number of carbonyl (C=O) groups is 1. The van der Waals surface area contributed by atoms with Gasteiger partial charge in [-0.2, -0.15) is 0 Å². The van der Waals surface area contributed by atoms with Crippen LogP contribution in [-0.4, -0.2) is 6.29 Å². The van der Waals surface area contributed by atoms with Gasteiger partial charge in [-0.05, 0) is 34.1 Å². The van der Waals surface area contributed by atoms with E-state index in [1.165, 1.54) is 0 Å². The molecule has 19 heavy (non-hydrogen) atoms. The predicted octanol–water partition coefficient (Wildman–Crippen LogP) is 6.01. The molecule has 0 radical (unpaired) electrons. The lowest BCUT2D eigenvalue weighted by Crippen LogP contribution is -1.92. The van der Waals surface area contributed by atoms with E-state index in [-0.39, 0.29) is 5.56 Å². The molecule has 0 N–H and O–H groups in total. The van der Waals surface area contributed by atoms with Crippen molar-refractivity contribution < 1.29 is 9.53 Å². The number of aldehydes is 1. The minimum atomic E-state index is 0.263. The predicted molar refractivity (Wildman–Crippen MR) is 81.1 cm³/mol. The maximum absolute atomic E-state index is 11.0.